The summed E-state index contributed by atoms with van der Waals surface area (Å²) in [6, 6.07) is 15.1. The van der Waals surface area contributed by atoms with Crippen LogP contribution in [-0.4, -0.2) is 30.6 Å². The lowest BCUT2D eigenvalue weighted by Gasteiger charge is -2.10. The number of nitrogens with one attached hydrogen (secondary N) is 1. The highest BCUT2D eigenvalue weighted by atomic mass is 35.5. The number of aromatic nitrogens is 3. The molecule has 0 aliphatic heterocycles. The van der Waals surface area contributed by atoms with E-state index in [-0.39, 0.29) is 11.7 Å². The summed E-state index contributed by atoms with van der Waals surface area (Å²) in [5.41, 5.74) is 2.81. The Balaban J connectivity index is 1.71. The van der Waals surface area contributed by atoms with E-state index in [9.17, 15) is 9.00 Å². The van der Waals surface area contributed by atoms with E-state index in [0.29, 0.717) is 29.0 Å². The minimum Gasteiger partial charge on any atom is -0.325 e. The third-order valence-electron chi connectivity index (χ3n) is 4.52. The van der Waals surface area contributed by atoms with Crippen LogP contribution in [0.5, 0.6) is 0 Å². The standard InChI is InChI=1S/C21H23ClN4O2S/c1-3-16-7-5-6-8-18(16)23-20(27)14-29(28)21-25-24-19(26(21)4-2)13-15-9-11-17(22)12-10-15/h5-12H,3-4,13-14H2,1-2H3,(H,23,27). The molecule has 0 bridgehead atoms. The number of hydrogen-bond donors (Lipinski definition) is 1. The lowest BCUT2D eigenvalue weighted by molar-refractivity contribution is -0.113. The van der Waals surface area contributed by atoms with Gasteiger partial charge in [-0.1, -0.05) is 48.9 Å². The Morgan fingerprint density at radius 2 is 1.83 bits per heavy atom. The van der Waals surface area contributed by atoms with Gasteiger partial charge in [-0.2, -0.15) is 0 Å². The van der Waals surface area contributed by atoms with Gasteiger partial charge in [0.1, 0.15) is 22.4 Å². The van der Waals surface area contributed by atoms with Gasteiger partial charge < -0.3 is 9.88 Å². The molecule has 0 spiro atoms. The molecule has 1 heterocycles. The summed E-state index contributed by atoms with van der Waals surface area (Å²) < 4.78 is 14.6. The number of carbonyl (C=O) groups excluding carboxylic acids is 1. The number of para-hydroxylation sites is 1. The average molecular weight is 431 g/mol. The summed E-state index contributed by atoms with van der Waals surface area (Å²) in [4.78, 5) is 12.4. The van der Waals surface area contributed by atoms with Crippen LogP contribution in [0.2, 0.25) is 5.02 Å². The van der Waals surface area contributed by atoms with Crippen molar-refractivity contribution in [2.24, 2.45) is 0 Å². The number of amides is 1. The van der Waals surface area contributed by atoms with E-state index in [0.717, 1.165) is 23.2 Å². The molecule has 8 heteroatoms. The quantitative estimate of drug-likeness (QED) is 0.588. The zero-order valence-corrected chi connectivity index (χ0v) is 18.0. The molecule has 3 rings (SSSR count). The first-order chi connectivity index (χ1) is 14.0. The highest BCUT2D eigenvalue weighted by Gasteiger charge is 2.20. The predicted octanol–water partition coefficient (Wildman–Crippen LogP) is 3.85. The van der Waals surface area contributed by atoms with Crippen molar-refractivity contribution in [3.05, 3.63) is 70.5 Å². The lowest BCUT2D eigenvalue weighted by Crippen LogP contribution is -2.22. The molecule has 0 aliphatic rings. The molecule has 1 atom stereocenters. The number of rotatable bonds is 8. The number of anilines is 1. The molecule has 1 unspecified atom stereocenters. The Morgan fingerprint density at radius 1 is 1.10 bits per heavy atom. The monoisotopic (exact) mass is 430 g/mol. The Morgan fingerprint density at radius 3 is 2.52 bits per heavy atom. The zero-order chi connectivity index (χ0) is 20.8. The van der Waals surface area contributed by atoms with Crippen LogP contribution in [0.3, 0.4) is 0 Å². The molecule has 2 aromatic carbocycles. The van der Waals surface area contributed by atoms with Crippen LogP contribution in [0.25, 0.3) is 0 Å². The predicted molar refractivity (Wildman–Crippen MR) is 116 cm³/mol. The van der Waals surface area contributed by atoms with Gasteiger partial charge in [0.15, 0.2) is 0 Å². The molecular weight excluding hydrogens is 408 g/mol. The molecule has 6 nitrogen and oxygen atoms in total. The maximum Gasteiger partial charge on any atom is 0.237 e. The third kappa shape index (κ3) is 5.31. The SMILES string of the molecule is CCc1ccccc1NC(=O)CS(=O)c1nnc(Cc2ccc(Cl)cc2)n1CC. The maximum absolute atomic E-state index is 12.8. The van der Waals surface area contributed by atoms with Crippen molar-refractivity contribution < 1.29 is 9.00 Å². The van der Waals surface area contributed by atoms with Gasteiger partial charge in [0, 0.05) is 23.7 Å². The second-order valence-corrected chi connectivity index (χ2v) is 8.28. The highest BCUT2D eigenvalue weighted by Crippen LogP contribution is 2.17. The largest absolute Gasteiger partial charge is 0.325 e. The summed E-state index contributed by atoms with van der Waals surface area (Å²) in [5.74, 6) is 0.223. The topological polar surface area (TPSA) is 76.9 Å². The van der Waals surface area contributed by atoms with Gasteiger partial charge in [0.05, 0.1) is 0 Å². The molecule has 0 radical (unpaired) electrons. The fraction of sp³-hybridized carbons (Fsp3) is 0.286. The van der Waals surface area contributed by atoms with E-state index in [1.807, 2.05) is 62.4 Å². The van der Waals surface area contributed by atoms with Gasteiger partial charge in [0.25, 0.3) is 0 Å². The smallest absolute Gasteiger partial charge is 0.237 e. The van der Waals surface area contributed by atoms with Gasteiger partial charge in [-0.3, -0.25) is 9.00 Å². The third-order valence-corrected chi connectivity index (χ3v) is 6.01. The Bertz CT molecular complexity index is 1020. The van der Waals surface area contributed by atoms with Crippen LogP contribution >= 0.6 is 11.6 Å². The van der Waals surface area contributed by atoms with E-state index in [2.05, 4.69) is 15.5 Å². The first-order valence-electron chi connectivity index (χ1n) is 9.44. The first-order valence-corrected chi connectivity index (χ1v) is 11.1. The molecule has 0 fully saturated rings. The summed E-state index contributed by atoms with van der Waals surface area (Å²) in [5, 5.41) is 12.1. The van der Waals surface area contributed by atoms with Crippen molar-refractivity contribution >= 4 is 34.0 Å². The minimum atomic E-state index is -1.59. The highest BCUT2D eigenvalue weighted by molar-refractivity contribution is 7.85. The molecule has 3 aromatic rings. The fourth-order valence-electron chi connectivity index (χ4n) is 3.04. The van der Waals surface area contributed by atoms with Crippen LogP contribution in [0.15, 0.2) is 53.7 Å². The molecule has 152 valence electrons. The maximum atomic E-state index is 12.8. The van der Waals surface area contributed by atoms with Crippen molar-refractivity contribution in [2.45, 2.75) is 38.4 Å². The van der Waals surface area contributed by atoms with E-state index >= 15 is 0 Å². The Kier molecular flexibility index (Phi) is 7.17. The Hall–Kier alpha value is -2.51. The summed E-state index contributed by atoms with van der Waals surface area (Å²) >= 11 is 5.93. The molecule has 0 aliphatic carbocycles. The van der Waals surface area contributed by atoms with E-state index in [1.165, 1.54) is 0 Å². The molecular formula is C21H23ClN4O2S. The number of halogens is 1. The van der Waals surface area contributed by atoms with E-state index in [1.54, 1.807) is 4.57 Å². The first kappa shape index (κ1) is 21.2. The van der Waals surface area contributed by atoms with Gasteiger partial charge in [-0.15, -0.1) is 10.2 Å². The van der Waals surface area contributed by atoms with Crippen LogP contribution in [0.4, 0.5) is 5.69 Å². The number of benzene rings is 2. The molecule has 29 heavy (non-hydrogen) atoms. The van der Waals surface area contributed by atoms with Crippen molar-refractivity contribution in [1.29, 1.82) is 0 Å². The van der Waals surface area contributed by atoms with Crippen LogP contribution < -0.4 is 5.32 Å². The summed E-state index contributed by atoms with van der Waals surface area (Å²) in [6.45, 7) is 4.53. The molecule has 1 amide bonds. The zero-order valence-electron chi connectivity index (χ0n) is 16.4. The average Bonchev–Trinajstić information content (AvgIpc) is 3.12. The van der Waals surface area contributed by atoms with Crippen molar-refractivity contribution in [3.8, 4) is 0 Å². The Labute approximate surface area is 177 Å². The summed E-state index contributed by atoms with van der Waals surface area (Å²) in [6.07, 6.45) is 1.35. The normalized spacial score (nSPS) is 12.0. The van der Waals surface area contributed by atoms with E-state index in [4.69, 9.17) is 11.6 Å². The van der Waals surface area contributed by atoms with Crippen LogP contribution in [-0.2, 0) is 35.0 Å². The minimum absolute atomic E-state index is 0.170. The van der Waals surface area contributed by atoms with Gasteiger partial charge in [-0.25, -0.2) is 0 Å². The molecule has 0 saturated carbocycles. The molecule has 0 saturated heterocycles. The van der Waals surface area contributed by atoms with Crippen molar-refractivity contribution in [3.63, 3.8) is 0 Å². The van der Waals surface area contributed by atoms with Crippen molar-refractivity contribution in [2.75, 3.05) is 11.1 Å². The number of carbonyl (C=O) groups is 1. The van der Waals surface area contributed by atoms with Gasteiger partial charge in [0.2, 0.25) is 11.1 Å². The number of nitrogens with zero attached hydrogens (tertiary/aromatic N) is 3. The second kappa shape index (κ2) is 9.80. The van der Waals surface area contributed by atoms with Gasteiger partial charge >= 0.3 is 0 Å². The van der Waals surface area contributed by atoms with Crippen LogP contribution in [0.1, 0.15) is 30.8 Å². The molecule has 1 N–H and O–H groups in total. The molecule has 1 aromatic heterocycles. The van der Waals surface area contributed by atoms with Crippen LogP contribution in [0, 0.1) is 0 Å². The van der Waals surface area contributed by atoms with E-state index < -0.39 is 10.8 Å². The number of hydrogen-bond acceptors (Lipinski definition) is 4. The summed E-state index contributed by atoms with van der Waals surface area (Å²) in [7, 11) is -1.59. The van der Waals surface area contributed by atoms with Gasteiger partial charge in [-0.05, 0) is 42.7 Å². The van der Waals surface area contributed by atoms with Crippen molar-refractivity contribution in [1.82, 2.24) is 14.8 Å². The second-order valence-electron chi connectivity index (χ2n) is 6.50. The lowest BCUT2D eigenvalue weighted by atomic mass is 10.1. The number of aryl methyl sites for hydroxylation is 1. The fourth-order valence-corrected chi connectivity index (χ4v) is 4.22.